The van der Waals surface area contributed by atoms with Gasteiger partial charge in [-0.05, 0) is 29.8 Å². The number of esters is 1. The molecule has 0 unspecified atom stereocenters. The Balaban J connectivity index is 1.65. The van der Waals surface area contributed by atoms with Crippen LogP contribution in [0, 0.1) is 10.1 Å². The number of benzene rings is 4. The number of amides is 1. The number of carbonyl (C=O) groups excluding carboxylic acids is 3. The number of anilines is 1. The second kappa shape index (κ2) is 12.1. The third kappa shape index (κ3) is 6.19. The first-order valence-corrected chi connectivity index (χ1v) is 12.4. The minimum absolute atomic E-state index is 0.0429. The Morgan fingerprint density at radius 3 is 2.05 bits per heavy atom. The number of hydrogen-bond donors (Lipinski definition) is 1. The van der Waals surface area contributed by atoms with E-state index in [4.69, 9.17) is 4.74 Å². The van der Waals surface area contributed by atoms with Gasteiger partial charge in [0.2, 0.25) is 5.78 Å². The lowest BCUT2D eigenvalue weighted by Gasteiger charge is -2.23. The quantitative estimate of drug-likeness (QED) is 0.0816. The van der Waals surface area contributed by atoms with E-state index in [9.17, 15) is 24.5 Å². The van der Waals surface area contributed by atoms with Gasteiger partial charge in [-0.2, -0.15) is 0 Å². The zero-order valence-electron chi connectivity index (χ0n) is 19.8. The largest absolute Gasteiger partial charge is 0.449 e. The number of carbonyl (C=O) groups is 3. The number of nitrogens with one attached hydrogen (secondary N) is 1. The fourth-order valence-corrected chi connectivity index (χ4v) is 4.36. The lowest BCUT2D eigenvalue weighted by atomic mass is 9.99. The van der Waals surface area contributed by atoms with Crippen LogP contribution in [0.5, 0.6) is 0 Å². The number of nitrogens with zero attached hydrogens (tertiary/aromatic N) is 1. The molecular weight excluding hydrogens is 552 g/mol. The first-order chi connectivity index (χ1) is 18.3. The van der Waals surface area contributed by atoms with Gasteiger partial charge in [0.15, 0.2) is 6.10 Å². The fourth-order valence-electron chi connectivity index (χ4n) is 3.73. The fraction of sp³-hybridized carbons (Fsp3) is 0.0690. The number of ether oxygens (including phenoxy) is 1. The molecule has 4 rings (SSSR count). The van der Waals surface area contributed by atoms with Crippen LogP contribution in [0.2, 0.25) is 0 Å². The number of Topliss-reactive ketones (excluding diaryl/α,β-unsaturated/α-hetero) is 1. The van der Waals surface area contributed by atoms with E-state index < -0.39 is 33.5 Å². The number of non-ortho nitro benzene ring substituents is 1. The number of hydrogen-bond acceptors (Lipinski definition) is 6. The summed E-state index contributed by atoms with van der Waals surface area (Å²) in [6, 6.07) is 28.8. The molecule has 0 aliphatic carbocycles. The van der Waals surface area contributed by atoms with Crippen LogP contribution in [0.3, 0.4) is 0 Å². The maximum absolute atomic E-state index is 13.5. The number of ketones is 1. The van der Waals surface area contributed by atoms with Crippen LogP contribution in [0.25, 0.3) is 0 Å². The monoisotopic (exact) mass is 572 g/mol. The average molecular weight is 573 g/mol. The number of nitro groups is 1. The predicted molar refractivity (Wildman–Crippen MR) is 146 cm³/mol. The predicted octanol–water partition coefficient (Wildman–Crippen LogP) is 6.39. The summed E-state index contributed by atoms with van der Waals surface area (Å²) in [5.74, 6) is -1.77. The second-order valence-electron chi connectivity index (χ2n) is 8.18. The van der Waals surface area contributed by atoms with Gasteiger partial charge < -0.3 is 10.1 Å². The molecule has 9 heteroatoms. The van der Waals surface area contributed by atoms with Crippen LogP contribution in [0.1, 0.15) is 41.5 Å². The third-order valence-electron chi connectivity index (χ3n) is 5.65. The highest BCUT2D eigenvalue weighted by Gasteiger charge is 2.34. The lowest BCUT2D eigenvalue weighted by Crippen LogP contribution is -2.31. The van der Waals surface area contributed by atoms with Crippen LogP contribution in [0.15, 0.2) is 109 Å². The topological polar surface area (TPSA) is 116 Å². The molecule has 190 valence electrons. The highest BCUT2D eigenvalue weighted by Crippen LogP contribution is 2.33. The van der Waals surface area contributed by atoms with E-state index in [1.54, 1.807) is 84.9 Å². The molecule has 0 bridgehead atoms. The Bertz CT molecular complexity index is 1480. The van der Waals surface area contributed by atoms with Crippen molar-refractivity contribution in [2.24, 2.45) is 0 Å². The molecule has 0 saturated carbocycles. The Labute approximate surface area is 226 Å². The molecule has 0 fully saturated rings. The van der Waals surface area contributed by atoms with Crippen molar-refractivity contribution in [1.29, 1.82) is 0 Å². The van der Waals surface area contributed by atoms with Crippen LogP contribution in [-0.4, -0.2) is 28.7 Å². The van der Waals surface area contributed by atoms with Crippen LogP contribution >= 0.6 is 15.9 Å². The van der Waals surface area contributed by atoms with Gasteiger partial charge >= 0.3 is 5.97 Å². The van der Waals surface area contributed by atoms with E-state index in [1.165, 1.54) is 24.3 Å². The standard InChI is InChI=1S/C29H21BrN2O6/c30-25(21-14-9-15-22(18-21)32(36)37)27(26(33)19-10-3-1-4-11-19)38-29(35)23-16-7-8-17-24(23)31-28(34)20-12-5-2-6-13-20/h1-18,25,27H,(H,31,34)/t25-,27+/m1/s1. The van der Waals surface area contributed by atoms with Crippen molar-refractivity contribution >= 4 is 45.0 Å². The van der Waals surface area contributed by atoms with Crippen molar-refractivity contribution < 1.29 is 24.0 Å². The smallest absolute Gasteiger partial charge is 0.341 e. The van der Waals surface area contributed by atoms with Crippen molar-refractivity contribution in [2.75, 3.05) is 5.32 Å². The molecule has 38 heavy (non-hydrogen) atoms. The van der Waals surface area contributed by atoms with Gasteiger partial charge in [-0.25, -0.2) is 4.79 Å². The zero-order chi connectivity index (χ0) is 27.1. The van der Waals surface area contributed by atoms with Gasteiger partial charge in [-0.3, -0.25) is 19.7 Å². The van der Waals surface area contributed by atoms with E-state index in [0.29, 0.717) is 16.7 Å². The van der Waals surface area contributed by atoms with E-state index >= 15 is 0 Å². The molecule has 0 heterocycles. The number of rotatable bonds is 9. The number of para-hydroxylation sites is 1. The molecule has 1 N–H and O–H groups in total. The highest BCUT2D eigenvalue weighted by molar-refractivity contribution is 9.09. The summed E-state index contributed by atoms with van der Waals surface area (Å²) in [7, 11) is 0. The molecule has 0 aromatic heterocycles. The van der Waals surface area contributed by atoms with E-state index in [1.807, 2.05) is 0 Å². The Hall–Kier alpha value is -4.63. The molecule has 0 spiro atoms. The second-order valence-corrected chi connectivity index (χ2v) is 9.16. The number of alkyl halides is 1. The molecule has 0 aliphatic heterocycles. The van der Waals surface area contributed by atoms with Gasteiger partial charge in [0.05, 0.1) is 21.0 Å². The van der Waals surface area contributed by atoms with Crippen LogP contribution in [-0.2, 0) is 4.74 Å². The van der Waals surface area contributed by atoms with Gasteiger partial charge in [-0.15, -0.1) is 0 Å². The molecule has 0 saturated heterocycles. The SMILES string of the molecule is O=C(Nc1ccccc1C(=O)O[C@H](C(=O)c1ccccc1)[C@H](Br)c1cccc([N+](=O)[O-])c1)c1ccccc1. The van der Waals surface area contributed by atoms with E-state index in [-0.39, 0.29) is 16.9 Å². The molecule has 8 nitrogen and oxygen atoms in total. The molecule has 4 aromatic carbocycles. The van der Waals surface area contributed by atoms with Gasteiger partial charge in [-0.1, -0.05) is 88.7 Å². The summed E-state index contributed by atoms with van der Waals surface area (Å²) in [6.07, 6.45) is -1.37. The minimum atomic E-state index is -1.37. The minimum Gasteiger partial charge on any atom is -0.449 e. The first kappa shape index (κ1) is 26.4. The van der Waals surface area contributed by atoms with Crippen molar-refractivity contribution in [1.82, 2.24) is 0 Å². The van der Waals surface area contributed by atoms with E-state index in [0.717, 1.165) is 0 Å². The van der Waals surface area contributed by atoms with Crippen molar-refractivity contribution in [3.05, 3.63) is 142 Å². The van der Waals surface area contributed by atoms with Gasteiger partial charge in [0, 0.05) is 23.3 Å². The first-order valence-electron chi connectivity index (χ1n) is 11.5. The Morgan fingerprint density at radius 2 is 1.39 bits per heavy atom. The summed E-state index contributed by atoms with van der Waals surface area (Å²) in [5.41, 5.74) is 1.16. The molecule has 1 amide bonds. The summed E-state index contributed by atoms with van der Waals surface area (Å²) in [4.78, 5) is 49.4. The maximum Gasteiger partial charge on any atom is 0.341 e. The lowest BCUT2D eigenvalue weighted by molar-refractivity contribution is -0.384. The maximum atomic E-state index is 13.5. The van der Waals surface area contributed by atoms with Crippen molar-refractivity contribution in [2.45, 2.75) is 10.9 Å². The Morgan fingerprint density at radius 1 is 0.789 bits per heavy atom. The normalized spacial score (nSPS) is 12.1. The average Bonchev–Trinajstić information content (AvgIpc) is 2.96. The third-order valence-corrected chi connectivity index (χ3v) is 6.66. The molecular formula is C29H21BrN2O6. The molecule has 0 radical (unpaired) electrons. The van der Waals surface area contributed by atoms with Gasteiger partial charge in [0.1, 0.15) is 0 Å². The molecule has 0 aliphatic rings. The van der Waals surface area contributed by atoms with Crippen molar-refractivity contribution in [3.8, 4) is 0 Å². The van der Waals surface area contributed by atoms with Gasteiger partial charge in [0.25, 0.3) is 11.6 Å². The van der Waals surface area contributed by atoms with Crippen LogP contribution < -0.4 is 5.32 Å². The number of halogens is 1. The molecule has 4 aromatic rings. The summed E-state index contributed by atoms with van der Waals surface area (Å²) >= 11 is 3.43. The summed E-state index contributed by atoms with van der Waals surface area (Å²) in [5, 5.41) is 14.0. The van der Waals surface area contributed by atoms with Crippen molar-refractivity contribution in [3.63, 3.8) is 0 Å². The highest BCUT2D eigenvalue weighted by atomic mass is 79.9. The summed E-state index contributed by atoms with van der Waals surface area (Å²) < 4.78 is 5.74. The zero-order valence-corrected chi connectivity index (χ0v) is 21.4. The van der Waals surface area contributed by atoms with Crippen LogP contribution in [0.4, 0.5) is 11.4 Å². The Kier molecular flexibility index (Phi) is 8.40. The molecule has 2 atom stereocenters. The van der Waals surface area contributed by atoms with E-state index in [2.05, 4.69) is 21.2 Å². The summed E-state index contributed by atoms with van der Waals surface area (Å²) in [6.45, 7) is 0. The number of nitro benzene ring substituents is 1.